The van der Waals surface area contributed by atoms with Gasteiger partial charge in [0.2, 0.25) is 0 Å². The highest BCUT2D eigenvalue weighted by atomic mass is 35.5. The van der Waals surface area contributed by atoms with Gasteiger partial charge in [0.25, 0.3) is 5.91 Å². The minimum atomic E-state index is -0.176. The van der Waals surface area contributed by atoms with E-state index in [2.05, 4.69) is 4.98 Å². The summed E-state index contributed by atoms with van der Waals surface area (Å²) in [5, 5.41) is 4.32. The normalized spacial score (nSPS) is 18.0. The zero-order valence-electron chi connectivity index (χ0n) is 14.0. The molecule has 0 radical (unpaired) electrons. The minimum Gasteiger partial charge on any atom is -0.367 e. The number of rotatable bonds is 2. The number of aromatic nitrogens is 2. The van der Waals surface area contributed by atoms with Gasteiger partial charge in [0, 0.05) is 35.6 Å². The van der Waals surface area contributed by atoms with Crippen molar-refractivity contribution in [3.63, 3.8) is 0 Å². The van der Waals surface area contributed by atoms with Crippen LogP contribution in [0.2, 0.25) is 5.02 Å². The monoisotopic (exact) mass is 375 g/mol. The van der Waals surface area contributed by atoms with Gasteiger partial charge in [-0.15, -0.1) is 11.3 Å². The number of nitrogens with zero attached hydrogens (tertiary/aromatic N) is 3. The maximum Gasteiger partial charge on any atom is 0.272 e. The van der Waals surface area contributed by atoms with Gasteiger partial charge >= 0.3 is 0 Å². The van der Waals surface area contributed by atoms with E-state index in [1.165, 1.54) is 0 Å². The van der Waals surface area contributed by atoms with Gasteiger partial charge in [-0.05, 0) is 13.0 Å². The number of fused-ring (bicyclic) bond motifs is 1. The molecule has 1 aliphatic rings. The van der Waals surface area contributed by atoms with Crippen molar-refractivity contribution in [2.24, 2.45) is 7.05 Å². The van der Waals surface area contributed by atoms with Crippen LogP contribution < -0.4 is 0 Å². The van der Waals surface area contributed by atoms with Gasteiger partial charge in [-0.25, -0.2) is 4.98 Å². The lowest BCUT2D eigenvalue weighted by molar-refractivity contribution is -0.0232. The van der Waals surface area contributed by atoms with Crippen LogP contribution in [0.1, 0.15) is 27.3 Å². The molecule has 0 N–H and O–H groups in total. The molecular formula is C18H18ClN3O2S. The molecule has 2 aromatic heterocycles. The second-order valence-corrected chi connectivity index (χ2v) is 7.44. The number of ether oxygens (including phenoxy) is 1. The first-order valence-corrected chi connectivity index (χ1v) is 9.38. The number of halogens is 1. The van der Waals surface area contributed by atoms with E-state index in [0.29, 0.717) is 30.4 Å². The SMILES string of the molecule is Cc1csc(C2CN(C(=O)c3c(Cl)c4ccccc4n3C)CCO2)n1. The van der Waals surface area contributed by atoms with E-state index in [0.717, 1.165) is 21.6 Å². The molecule has 3 heterocycles. The van der Waals surface area contributed by atoms with Crippen molar-refractivity contribution in [2.75, 3.05) is 19.7 Å². The predicted molar refractivity (Wildman–Crippen MR) is 99.4 cm³/mol. The summed E-state index contributed by atoms with van der Waals surface area (Å²) < 4.78 is 7.70. The fourth-order valence-corrected chi connectivity index (χ4v) is 4.44. The number of hydrogen-bond acceptors (Lipinski definition) is 4. The molecule has 1 aromatic carbocycles. The van der Waals surface area contributed by atoms with Crippen LogP contribution in [0.15, 0.2) is 29.6 Å². The van der Waals surface area contributed by atoms with Crippen LogP contribution in [0.3, 0.4) is 0 Å². The van der Waals surface area contributed by atoms with Crippen molar-refractivity contribution >= 4 is 39.7 Å². The zero-order chi connectivity index (χ0) is 17.6. The van der Waals surface area contributed by atoms with E-state index in [4.69, 9.17) is 16.3 Å². The summed E-state index contributed by atoms with van der Waals surface area (Å²) in [5.41, 5.74) is 2.46. The summed E-state index contributed by atoms with van der Waals surface area (Å²) in [5.74, 6) is -0.0646. The number of amides is 1. The fraction of sp³-hybridized carbons (Fsp3) is 0.333. The lowest BCUT2D eigenvalue weighted by Crippen LogP contribution is -2.42. The summed E-state index contributed by atoms with van der Waals surface area (Å²) in [6, 6.07) is 7.79. The lowest BCUT2D eigenvalue weighted by Gasteiger charge is -2.32. The molecule has 3 aromatic rings. The number of benzene rings is 1. The van der Waals surface area contributed by atoms with Crippen molar-refractivity contribution in [2.45, 2.75) is 13.0 Å². The highest BCUT2D eigenvalue weighted by Crippen LogP contribution is 2.32. The summed E-state index contributed by atoms with van der Waals surface area (Å²) in [6.07, 6.45) is -0.176. The van der Waals surface area contributed by atoms with E-state index in [1.54, 1.807) is 11.3 Å². The summed E-state index contributed by atoms with van der Waals surface area (Å²) in [4.78, 5) is 19.4. The molecule has 5 nitrogen and oxygen atoms in total. The Labute approximate surface area is 154 Å². The van der Waals surface area contributed by atoms with Crippen molar-refractivity contribution < 1.29 is 9.53 Å². The third kappa shape index (κ3) is 2.84. The molecule has 0 bridgehead atoms. The third-order valence-corrected chi connectivity index (χ3v) is 5.95. The average molecular weight is 376 g/mol. The summed E-state index contributed by atoms with van der Waals surface area (Å²) >= 11 is 8.09. The third-order valence-electron chi connectivity index (χ3n) is 4.51. The molecule has 1 amide bonds. The topological polar surface area (TPSA) is 47.4 Å². The molecule has 130 valence electrons. The molecule has 1 saturated heterocycles. The molecule has 1 fully saturated rings. The number of aryl methyl sites for hydroxylation is 2. The first-order chi connectivity index (χ1) is 12.1. The molecule has 7 heteroatoms. The van der Waals surface area contributed by atoms with Crippen LogP contribution in [0.5, 0.6) is 0 Å². The summed E-state index contributed by atoms with van der Waals surface area (Å²) in [7, 11) is 1.88. The van der Waals surface area contributed by atoms with Gasteiger partial charge in [0.15, 0.2) is 0 Å². The first-order valence-electron chi connectivity index (χ1n) is 8.12. The zero-order valence-corrected chi connectivity index (χ0v) is 15.6. The molecule has 0 aliphatic carbocycles. The maximum atomic E-state index is 13.1. The quantitative estimate of drug-likeness (QED) is 0.684. The molecule has 1 unspecified atom stereocenters. The standard InChI is InChI=1S/C18H18ClN3O2S/c1-11-10-25-17(20-11)14-9-22(7-8-24-14)18(23)16-15(19)12-5-3-4-6-13(12)21(16)2/h3-6,10,14H,7-9H2,1-2H3. The molecule has 25 heavy (non-hydrogen) atoms. The maximum absolute atomic E-state index is 13.1. The van der Waals surface area contributed by atoms with Gasteiger partial charge in [-0.1, -0.05) is 29.8 Å². The van der Waals surface area contributed by atoms with Crippen LogP contribution in [-0.4, -0.2) is 40.1 Å². The number of morpholine rings is 1. The van der Waals surface area contributed by atoms with E-state index in [1.807, 2.05) is 53.1 Å². The number of thiazole rings is 1. The Bertz CT molecular complexity index is 910. The number of carbonyl (C=O) groups excluding carboxylic acids is 1. The van der Waals surface area contributed by atoms with Crippen molar-refractivity contribution in [1.29, 1.82) is 0 Å². The predicted octanol–water partition coefficient (Wildman–Crippen LogP) is 3.81. The van der Waals surface area contributed by atoms with Crippen LogP contribution >= 0.6 is 22.9 Å². The Balaban J connectivity index is 1.65. The van der Waals surface area contributed by atoms with Crippen molar-refractivity contribution in [3.05, 3.63) is 51.1 Å². The Hall–Kier alpha value is -1.89. The minimum absolute atomic E-state index is 0.0646. The van der Waals surface area contributed by atoms with E-state index in [-0.39, 0.29) is 12.0 Å². The second kappa shape index (κ2) is 6.44. The molecule has 4 rings (SSSR count). The Kier molecular flexibility index (Phi) is 4.27. The molecule has 1 aliphatic heterocycles. The van der Waals surface area contributed by atoms with E-state index in [9.17, 15) is 4.79 Å². The highest BCUT2D eigenvalue weighted by molar-refractivity contribution is 7.09. The molecule has 1 atom stereocenters. The second-order valence-electron chi connectivity index (χ2n) is 6.18. The van der Waals surface area contributed by atoms with Gasteiger partial charge < -0.3 is 14.2 Å². The largest absolute Gasteiger partial charge is 0.367 e. The molecule has 0 spiro atoms. The van der Waals surface area contributed by atoms with Crippen molar-refractivity contribution in [1.82, 2.24) is 14.5 Å². The number of carbonyl (C=O) groups is 1. The Morgan fingerprint density at radius 1 is 1.40 bits per heavy atom. The number of hydrogen-bond donors (Lipinski definition) is 0. The Morgan fingerprint density at radius 3 is 2.92 bits per heavy atom. The van der Waals surface area contributed by atoms with E-state index >= 15 is 0 Å². The van der Waals surface area contributed by atoms with Gasteiger partial charge in [-0.2, -0.15) is 0 Å². The van der Waals surface area contributed by atoms with Crippen LogP contribution in [0.25, 0.3) is 10.9 Å². The lowest BCUT2D eigenvalue weighted by atomic mass is 10.2. The molecule has 0 saturated carbocycles. The van der Waals surface area contributed by atoms with E-state index < -0.39 is 0 Å². The average Bonchev–Trinajstić information content (AvgIpc) is 3.17. The van der Waals surface area contributed by atoms with Gasteiger partial charge in [0.05, 0.1) is 18.2 Å². The number of para-hydroxylation sites is 1. The van der Waals surface area contributed by atoms with Gasteiger partial charge in [-0.3, -0.25) is 4.79 Å². The van der Waals surface area contributed by atoms with Crippen LogP contribution in [0, 0.1) is 6.92 Å². The first kappa shape index (κ1) is 16.6. The van der Waals surface area contributed by atoms with Gasteiger partial charge in [0.1, 0.15) is 16.8 Å². The van der Waals surface area contributed by atoms with Crippen molar-refractivity contribution in [3.8, 4) is 0 Å². The summed E-state index contributed by atoms with van der Waals surface area (Å²) in [6.45, 7) is 3.50. The highest BCUT2D eigenvalue weighted by Gasteiger charge is 2.31. The van der Waals surface area contributed by atoms with Crippen LogP contribution in [0.4, 0.5) is 0 Å². The molecular weight excluding hydrogens is 358 g/mol. The van der Waals surface area contributed by atoms with Crippen LogP contribution in [-0.2, 0) is 11.8 Å². The smallest absolute Gasteiger partial charge is 0.272 e. The fourth-order valence-electron chi connectivity index (χ4n) is 3.24. The Morgan fingerprint density at radius 2 is 2.20 bits per heavy atom.